The molecule has 0 aliphatic heterocycles. The number of aryl methyl sites for hydroxylation is 1. The molecule has 0 aliphatic carbocycles. The first-order valence-electron chi connectivity index (χ1n) is 10.2. The normalized spacial score (nSPS) is 11.9. The van der Waals surface area contributed by atoms with Gasteiger partial charge in [-0.1, -0.05) is 17.7 Å². The number of hydrogen-bond acceptors (Lipinski definition) is 5. The van der Waals surface area contributed by atoms with Crippen molar-refractivity contribution in [2.75, 3.05) is 10.6 Å². The predicted molar refractivity (Wildman–Crippen MR) is 122 cm³/mol. The zero-order valence-electron chi connectivity index (χ0n) is 18.0. The van der Waals surface area contributed by atoms with E-state index in [-0.39, 0.29) is 50.2 Å². The molecule has 0 saturated carbocycles. The van der Waals surface area contributed by atoms with Gasteiger partial charge in [-0.2, -0.15) is 13.2 Å². The average Bonchev–Trinajstić information content (AvgIpc) is 3.38. The minimum atomic E-state index is -4.73. The third-order valence-corrected chi connectivity index (χ3v) is 5.53. The zero-order chi connectivity index (χ0) is 25.8. The van der Waals surface area contributed by atoms with E-state index >= 15 is 0 Å². The molecule has 36 heavy (non-hydrogen) atoms. The van der Waals surface area contributed by atoms with E-state index in [4.69, 9.17) is 16.0 Å². The standard InChI is InChI=1S/C23H13ClF5N5O2/c1-9-30-19-18-16(32-22(34-18)33-17-12(24)3-2-4-14(17)26)8-11(20(19)36-9)21(35)31-15-7-10(23(27,28)29)5-6-13(15)25/h2-8H,1H3,(H,31,35)(H2,32,33,34). The van der Waals surface area contributed by atoms with Crippen molar-refractivity contribution < 1.29 is 31.2 Å². The monoisotopic (exact) mass is 521 g/mol. The van der Waals surface area contributed by atoms with E-state index in [9.17, 15) is 26.7 Å². The number of nitrogens with zero attached hydrogens (tertiary/aromatic N) is 2. The lowest BCUT2D eigenvalue weighted by Gasteiger charge is -2.11. The molecular weight excluding hydrogens is 509 g/mol. The smallest absolute Gasteiger partial charge is 0.416 e. The quantitative estimate of drug-likeness (QED) is 0.222. The van der Waals surface area contributed by atoms with Crippen LogP contribution in [0.1, 0.15) is 21.8 Å². The molecule has 5 aromatic rings. The molecule has 0 unspecified atom stereocenters. The fourth-order valence-electron chi connectivity index (χ4n) is 3.60. The van der Waals surface area contributed by atoms with Crippen molar-refractivity contribution in [2.45, 2.75) is 13.1 Å². The molecule has 13 heteroatoms. The number of oxazole rings is 1. The van der Waals surface area contributed by atoms with E-state index in [2.05, 4.69) is 25.6 Å². The second kappa shape index (κ2) is 8.48. The van der Waals surface area contributed by atoms with Crippen LogP contribution in [0.5, 0.6) is 0 Å². The molecule has 0 saturated heterocycles. The predicted octanol–water partition coefficient (Wildman–Crippen LogP) is 6.96. The highest BCUT2D eigenvalue weighted by Crippen LogP contribution is 2.34. The molecule has 1 amide bonds. The van der Waals surface area contributed by atoms with Crippen LogP contribution < -0.4 is 10.6 Å². The Bertz CT molecular complexity index is 1640. The number of benzene rings is 3. The van der Waals surface area contributed by atoms with Gasteiger partial charge in [-0.3, -0.25) is 4.79 Å². The Balaban J connectivity index is 1.57. The van der Waals surface area contributed by atoms with Gasteiger partial charge in [-0.05, 0) is 36.4 Å². The Morgan fingerprint density at radius 1 is 1.06 bits per heavy atom. The van der Waals surface area contributed by atoms with Crippen LogP contribution >= 0.6 is 11.6 Å². The summed E-state index contributed by atoms with van der Waals surface area (Å²) in [4.78, 5) is 24.5. The van der Waals surface area contributed by atoms with Crippen LogP contribution in [0.3, 0.4) is 0 Å². The first-order chi connectivity index (χ1) is 17.0. The number of nitrogens with one attached hydrogen (secondary N) is 3. The molecule has 0 fully saturated rings. The first-order valence-corrected chi connectivity index (χ1v) is 10.6. The van der Waals surface area contributed by atoms with Gasteiger partial charge >= 0.3 is 6.18 Å². The zero-order valence-corrected chi connectivity index (χ0v) is 18.8. The molecule has 0 radical (unpaired) electrons. The second-order valence-corrected chi connectivity index (χ2v) is 8.09. The van der Waals surface area contributed by atoms with Crippen molar-refractivity contribution in [3.63, 3.8) is 0 Å². The van der Waals surface area contributed by atoms with Gasteiger partial charge in [0, 0.05) is 6.92 Å². The van der Waals surface area contributed by atoms with Gasteiger partial charge in [0.05, 0.1) is 33.0 Å². The number of para-hydroxylation sites is 1. The van der Waals surface area contributed by atoms with E-state index in [0.29, 0.717) is 18.2 Å². The van der Waals surface area contributed by atoms with Gasteiger partial charge in [0.1, 0.15) is 22.7 Å². The second-order valence-electron chi connectivity index (χ2n) is 7.68. The summed E-state index contributed by atoms with van der Waals surface area (Å²) in [7, 11) is 0. The average molecular weight is 522 g/mol. The number of amides is 1. The lowest BCUT2D eigenvalue weighted by Crippen LogP contribution is -2.15. The fraction of sp³-hybridized carbons (Fsp3) is 0.0870. The summed E-state index contributed by atoms with van der Waals surface area (Å²) in [6.07, 6.45) is -4.73. The molecule has 0 aliphatic rings. The van der Waals surface area contributed by atoms with Gasteiger partial charge in [-0.25, -0.2) is 18.7 Å². The number of H-pyrrole nitrogens is 1. The third kappa shape index (κ3) is 4.19. The van der Waals surface area contributed by atoms with Gasteiger partial charge in [-0.15, -0.1) is 0 Å². The van der Waals surface area contributed by atoms with Crippen molar-refractivity contribution >= 4 is 57.0 Å². The van der Waals surface area contributed by atoms with Crippen LogP contribution in [0, 0.1) is 18.6 Å². The van der Waals surface area contributed by atoms with E-state index < -0.39 is 35.0 Å². The highest BCUT2D eigenvalue weighted by atomic mass is 35.5. The third-order valence-electron chi connectivity index (χ3n) is 5.22. The molecule has 0 atom stereocenters. The van der Waals surface area contributed by atoms with Gasteiger partial charge in [0.15, 0.2) is 11.5 Å². The van der Waals surface area contributed by atoms with Crippen LogP contribution in [0.15, 0.2) is 46.9 Å². The minimum Gasteiger partial charge on any atom is -0.440 e. The molecular formula is C23H13ClF5N5O2. The molecule has 2 heterocycles. The molecule has 5 rings (SSSR count). The van der Waals surface area contributed by atoms with Crippen molar-refractivity contribution in [1.82, 2.24) is 15.0 Å². The van der Waals surface area contributed by atoms with E-state index in [1.54, 1.807) is 0 Å². The molecule has 0 bridgehead atoms. The number of anilines is 3. The number of carbonyl (C=O) groups excluding carboxylic acids is 1. The Morgan fingerprint density at radius 2 is 1.83 bits per heavy atom. The maximum Gasteiger partial charge on any atom is 0.416 e. The van der Waals surface area contributed by atoms with E-state index in [0.717, 1.165) is 0 Å². The molecule has 0 spiro atoms. The number of hydrogen-bond donors (Lipinski definition) is 3. The molecule has 3 aromatic carbocycles. The van der Waals surface area contributed by atoms with Crippen LogP contribution in [-0.2, 0) is 6.18 Å². The summed E-state index contributed by atoms with van der Waals surface area (Å²) in [5.74, 6) is -2.39. The Kier molecular flexibility index (Phi) is 5.55. The lowest BCUT2D eigenvalue weighted by atomic mass is 10.1. The highest BCUT2D eigenvalue weighted by molar-refractivity contribution is 6.33. The number of imidazole rings is 1. The number of carbonyl (C=O) groups is 1. The maximum atomic E-state index is 14.2. The van der Waals surface area contributed by atoms with Crippen molar-refractivity contribution in [1.29, 1.82) is 0 Å². The number of aromatic nitrogens is 3. The van der Waals surface area contributed by atoms with Gasteiger partial charge in [0.25, 0.3) is 5.91 Å². The highest BCUT2D eigenvalue weighted by Gasteiger charge is 2.31. The molecule has 2 aromatic heterocycles. The Morgan fingerprint density at radius 3 is 2.56 bits per heavy atom. The van der Waals surface area contributed by atoms with Crippen molar-refractivity contribution in [3.8, 4) is 0 Å². The summed E-state index contributed by atoms with van der Waals surface area (Å²) in [6.45, 7) is 1.52. The lowest BCUT2D eigenvalue weighted by molar-refractivity contribution is -0.137. The summed E-state index contributed by atoms with van der Waals surface area (Å²) in [5.41, 5.74) is -1.32. The topological polar surface area (TPSA) is 95.8 Å². The molecule has 3 N–H and O–H groups in total. The molecule has 7 nitrogen and oxygen atoms in total. The molecule has 184 valence electrons. The number of rotatable bonds is 4. The SMILES string of the molecule is Cc1nc2c(o1)c(C(=O)Nc1cc(C(F)(F)F)ccc1F)cc1[nH]c(Nc3c(F)cccc3Cl)nc12. The number of aromatic amines is 1. The van der Waals surface area contributed by atoms with Gasteiger partial charge in [0.2, 0.25) is 5.95 Å². The van der Waals surface area contributed by atoms with E-state index in [1.165, 1.54) is 31.2 Å². The maximum absolute atomic E-state index is 14.2. The largest absolute Gasteiger partial charge is 0.440 e. The fourth-order valence-corrected chi connectivity index (χ4v) is 3.81. The summed E-state index contributed by atoms with van der Waals surface area (Å²) < 4.78 is 73.1. The summed E-state index contributed by atoms with van der Waals surface area (Å²) in [6, 6.07) is 7.08. The number of halogens is 6. The number of alkyl halides is 3. The van der Waals surface area contributed by atoms with Crippen molar-refractivity contribution in [2.24, 2.45) is 0 Å². The summed E-state index contributed by atoms with van der Waals surface area (Å²) in [5, 5.41) is 4.98. The van der Waals surface area contributed by atoms with Gasteiger partial charge < -0.3 is 20.0 Å². The van der Waals surface area contributed by atoms with Crippen LogP contribution in [0.2, 0.25) is 5.02 Å². The summed E-state index contributed by atoms with van der Waals surface area (Å²) >= 11 is 6.05. The van der Waals surface area contributed by atoms with E-state index in [1.807, 2.05) is 0 Å². The Hall–Kier alpha value is -4.19. The first kappa shape index (κ1) is 23.5. The number of fused-ring (bicyclic) bond motifs is 3. The van der Waals surface area contributed by atoms with Crippen LogP contribution in [0.4, 0.5) is 39.3 Å². The Labute approximate surface area is 203 Å². The van der Waals surface area contributed by atoms with Crippen LogP contribution in [-0.4, -0.2) is 20.9 Å². The van der Waals surface area contributed by atoms with Crippen LogP contribution in [0.25, 0.3) is 22.1 Å². The van der Waals surface area contributed by atoms with Crippen molar-refractivity contribution in [3.05, 3.63) is 76.1 Å². The minimum absolute atomic E-state index is 0.0214.